The summed E-state index contributed by atoms with van der Waals surface area (Å²) in [7, 11) is -3.49. The second-order valence-corrected chi connectivity index (χ2v) is 10.3. The molecule has 0 aromatic heterocycles. The average molecular weight is 406 g/mol. The Hall–Kier alpha value is -1.73. The van der Waals surface area contributed by atoms with Gasteiger partial charge in [0.05, 0.1) is 4.90 Å². The molecule has 1 aliphatic heterocycles. The summed E-state index contributed by atoms with van der Waals surface area (Å²) in [5.41, 5.74) is 0.355. The Morgan fingerprint density at radius 1 is 1.04 bits per heavy atom. The van der Waals surface area contributed by atoms with E-state index >= 15 is 0 Å². The lowest BCUT2D eigenvalue weighted by atomic mass is 9.86. The van der Waals surface area contributed by atoms with Gasteiger partial charge < -0.3 is 4.74 Å². The van der Waals surface area contributed by atoms with Gasteiger partial charge in [0, 0.05) is 25.1 Å². The van der Waals surface area contributed by atoms with Crippen LogP contribution in [0.3, 0.4) is 0 Å². The molecular weight excluding hydrogens is 378 g/mol. The quantitative estimate of drug-likeness (QED) is 0.514. The van der Waals surface area contributed by atoms with Crippen molar-refractivity contribution >= 4 is 21.8 Å². The number of carbonyl (C=O) groups is 2. The number of hydrogen-bond acceptors (Lipinski definition) is 5. The van der Waals surface area contributed by atoms with E-state index in [2.05, 4.69) is 0 Å². The first kappa shape index (κ1) is 19.6. The lowest BCUT2D eigenvalue weighted by Crippen LogP contribution is -2.27. The molecule has 2 aliphatic carbocycles. The number of hydrogen-bond donors (Lipinski definition) is 0. The molecule has 3 aliphatic rings. The first-order valence-electron chi connectivity index (χ1n) is 10.2. The smallest absolute Gasteiger partial charge is 0.306 e. The number of fused-ring (bicyclic) bond motifs is 2. The van der Waals surface area contributed by atoms with Crippen LogP contribution >= 0.6 is 0 Å². The Morgan fingerprint density at radius 2 is 1.75 bits per heavy atom. The molecule has 1 saturated heterocycles. The second-order valence-electron chi connectivity index (χ2n) is 8.36. The van der Waals surface area contributed by atoms with Crippen LogP contribution in [0.1, 0.15) is 55.3 Å². The molecule has 2 bridgehead atoms. The van der Waals surface area contributed by atoms with Gasteiger partial charge in [-0.3, -0.25) is 9.59 Å². The summed E-state index contributed by atoms with van der Waals surface area (Å²) in [6.45, 7) is 0.793. The minimum absolute atomic E-state index is 0.194. The van der Waals surface area contributed by atoms with E-state index in [1.54, 1.807) is 0 Å². The highest BCUT2D eigenvalue weighted by molar-refractivity contribution is 7.89. The van der Waals surface area contributed by atoms with Gasteiger partial charge in [0.15, 0.2) is 12.4 Å². The van der Waals surface area contributed by atoms with Crippen LogP contribution in [0.25, 0.3) is 0 Å². The summed E-state index contributed by atoms with van der Waals surface area (Å²) in [4.78, 5) is 24.6. The van der Waals surface area contributed by atoms with Gasteiger partial charge in [-0.25, -0.2) is 8.42 Å². The summed E-state index contributed by atoms with van der Waals surface area (Å²) in [6.07, 6.45) is 7.02. The fourth-order valence-corrected chi connectivity index (χ4v) is 6.54. The van der Waals surface area contributed by atoms with Crippen molar-refractivity contribution in [2.45, 2.75) is 49.8 Å². The maximum absolute atomic E-state index is 12.5. The third kappa shape index (κ3) is 4.01. The molecule has 1 aromatic carbocycles. The van der Waals surface area contributed by atoms with Crippen LogP contribution < -0.4 is 0 Å². The number of ether oxygens (including phenoxy) is 1. The number of sulfonamides is 1. The molecule has 0 amide bonds. The number of nitrogens with zero attached hydrogens (tertiary/aromatic N) is 1. The Morgan fingerprint density at radius 3 is 2.36 bits per heavy atom. The van der Waals surface area contributed by atoms with Gasteiger partial charge in [0.1, 0.15) is 0 Å². The highest BCUT2D eigenvalue weighted by atomic mass is 32.2. The Balaban J connectivity index is 1.29. The molecule has 0 spiro atoms. The molecule has 0 unspecified atom stereocenters. The van der Waals surface area contributed by atoms with E-state index in [0.29, 0.717) is 36.9 Å². The van der Waals surface area contributed by atoms with E-state index < -0.39 is 10.0 Å². The number of rotatable bonds is 7. The molecule has 28 heavy (non-hydrogen) atoms. The molecule has 152 valence electrons. The van der Waals surface area contributed by atoms with Gasteiger partial charge in [-0.15, -0.1) is 0 Å². The maximum Gasteiger partial charge on any atom is 0.306 e. The van der Waals surface area contributed by atoms with Crippen LogP contribution in [0.5, 0.6) is 0 Å². The molecule has 6 nitrogen and oxygen atoms in total. The molecule has 1 aromatic rings. The first-order chi connectivity index (χ1) is 13.4. The van der Waals surface area contributed by atoms with Crippen molar-refractivity contribution < 1.29 is 22.7 Å². The Labute approximate surface area is 166 Å². The normalized spacial score (nSPS) is 27.2. The molecule has 0 N–H and O–H groups in total. The van der Waals surface area contributed by atoms with E-state index in [0.717, 1.165) is 25.2 Å². The molecule has 1 heterocycles. The number of benzene rings is 1. The third-order valence-electron chi connectivity index (χ3n) is 6.56. The van der Waals surface area contributed by atoms with Crippen LogP contribution in [-0.2, 0) is 19.6 Å². The molecular formula is C21H27NO5S. The first-order valence-corrected chi connectivity index (χ1v) is 11.7. The lowest BCUT2D eigenvalue weighted by Gasteiger charge is -2.20. The van der Waals surface area contributed by atoms with E-state index in [1.165, 1.54) is 47.8 Å². The Kier molecular flexibility index (Phi) is 5.56. The van der Waals surface area contributed by atoms with E-state index in [1.807, 2.05) is 0 Å². The highest BCUT2D eigenvalue weighted by Crippen LogP contribution is 2.49. The minimum Gasteiger partial charge on any atom is -0.457 e. The number of ketones is 1. The van der Waals surface area contributed by atoms with Crippen molar-refractivity contribution in [3.8, 4) is 0 Å². The van der Waals surface area contributed by atoms with E-state index in [-0.39, 0.29) is 23.3 Å². The van der Waals surface area contributed by atoms with Crippen molar-refractivity contribution in [1.29, 1.82) is 0 Å². The molecule has 3 atom stereocenters. The van der Waals surface area contributed by atoms with Gasteiger partial charge in [-0.2, -0.15) is 4.31 Å². The van der Waals surface area contributed by atoms with Gasteiger partial charge >= 0.3 is 5.97 Å². The highest BCUT2D eigenvalue weighted by Gasteiger charge is 2.40. The monoisotopic (exact) mass is 405 g/mol. The van der Waals surface area contributed by atoms with Crippen LogP contribution in [0.4, 0.5) is 0 Å². The molecule has 0 radical (unpaired) electrons. The van der Waals surface area contributed by atoms with Crippen molar-refractivity contribution in [1.82, 2.24) is 4.31 Å². The largest absolute Gasteiger partial charge is 0.457 e. The predicted octanol–water partition coefficient (Wildman–Crippen LogP) is 3.02. The predicted molar refractivity (Wildman–Crippen MR) is 103 cm³/mol. The fourth-order valence-electron chi connectivity index (χ4n) is 5.02. The van der Waals surface area contributed by atoms with Gasteiger partial charge in [-0.05, 0) is 74.1 Å². The van der Waals surface area contributed by atoms with Crippen molar-refractivity contribution in [2.24, 2.45) is 17.8 Å². The van der Waals surface area contributed by atoms with E-state index in [9.17, 15) is 18.0 Å². The SMILES string of the molecule is O=C(C[C@@H]1C[C@@H]2CC[C@@H]1C2)OCC(=O)c1ccc(S(=O)(=O)N2CCCC2)cc1. The summed E-state index contributed by atoms with van der Waals surface area (Å²) in [5, 5.41) is 0. The minimum atomic E-state index is -3.49. The van der Waals surface area contributed by atoms with Gasteiger partial charge in [-0.1, -0.05) is 6.42 Å². The van der Waals surface area contributed by atoms with Crippen LogP contribution in [-0.4, -0.2) is 44.2 Å². The van der Waals surface area contributed by atoms with Crippen molar-refractivity contribution in [2.75, 3.05) is 19.7 Å². The summed E-state index contributed by atoms with van der Waals surface area (Å²) in [6, 6.07) is 5.90. The molecule has 7 heteroatoms. The third-order valence-corrected chi connectivity index (χ3v) is 8.47. The lowest BCUT2D eigenvalue weighted by molar-refractivity contribution is -0.144. The van der Waals surface area contributed by atoms with Gasteiger partial charge in [0.25, 0.3) is 0 Å². The summed E-state index contributed by atoms with van der Waals surface area (Å²) in [5.74, 6) is 1.22. The second kappa shape index (κ2) is 7.95. The fraction of sp³-hybridized carbons (Fsp3) is 0.619. The van der Waals surface area contributed by atoms with Crippen LogP contribution in [0, 0.1) is 17.8 Å². The zero-order chi connectivity index (χ0) is 19.7. The summed E-state index contributed by atoms with van der Waals surface area (Å²) >= 11 is 0. The number of esters is 1. The van der Waals surface area contributed by atoms with Crippen LogP contribution in [0.2, 0.25) is 0 Å². The number of Topliss-reactive ketones (excluding diaryl/α,β-unsaturated/α-hetero) is 1. The van der Waals surface area contributed by atoms with E-state index in [4.69, 9.17) is 4.74 Å². The average Bonchev–Trinajstić information content (AvgIpc) is 3.44. The standard InChI is InChI=1S/C21H27NO5S/c23-20(14-27-21(24)13-18-12-15-3-4-17(18)11-15)16-5-7-19(8-6-16)28(25,26)22-9-1-2-10-22/h5-8,15,17-18H,1-4,9-14H2/t15-,17-,18+/m1/s1. The molecule has 2 saturated carbocycles. The molecule has 3 fully saturated rings. The Bertz CT molecular complexity index is 842. The zero-order valence-corrected chi connectivity index (χ0v) is 16.8. The van der Waals surface area contributed by atoms with Crippen molar-refractivity contribution in [3.63, 3.8) is 0 Å². The summed E-state index contributed by atoms with van der Waals surface area (Å²) < 4.78 is 31.7. The topological polar surface area (TPSA) is 80.8 Å². The number of carbonyl (C=O) groups excluding carboxylic acids is 2. The van der Waals surface area contributed by atoms with Crippen LogP contribution in [0.15, 0.2) is 29.2 Å². The maximum atomic E-state index is 12.5. The zero-order valence-electron chi connectivity index (χ0n) is 16.0. The van der Waals surface area contributed by atoms with Crippen molar-refractivity contribution in [3.05, 3.63) is 29.8 Å². The molecule has 4 rings (SSSR count). The van der Waals surface area contributed by atoms with Gasteiger partial charge in [0.2, 0.25) is 10.0 Å².